The second-order valence-corrected chi connectivity index (χ2v) is 7.16. The van der Waals surface area contributed by atoms with Gasteiger partial charge in [0, 0.05) is 37.5 Å². The lowest BCUT2D eigenvalue weighted by Crippen LogP contribution is -2.48. The van der Waals surface area contributed by atoms with Gasteiger partial charge in [-0.15, -0.1) is 24.0 Å². The van der Waals surface area contributed by atoms with E-state index in [1.54, 1.807) is 19.2 Å². The van der Waals surface area contributed by atoms with E-state index >= 15 is 0 Å². The molecule has 1 fully saturated rings. The van der Waals surface area contributed by atoms with E-state index in [0.717, 1.165) is 55.2 Å². The van der Waals surface area contributed by atoms with Gasteiger partial charge < -0.3 is 15.2 Å². The smallest absolute Gasteiger partial charge is 0.191 e. The quantitative estimate of drug-likeness (QED) is 0.337. The van der Waals surface area contributed by atoms with Crippen molar-refractivity contribution in [3.63, 3.8) is 0 Å². The highest BCUT2D eigenvalue weighted by molar-refractivity contribution is 14.0. The molecule has 3 rings (SSSR count). The number of guanidine groups is 1. The Morgan fingerprint density at radius 3 is 2.43 bits per heavy atom. The summed E-state index contributed by atoms with van der Waals surface area (Å²) >= 11 is 0. The lowest BCUT2D eigenvalue weighted by Gasteiger charge is -2.43. The van der Waals surface area contributed by atoms with E-state index < -0.39 is 0 Å². The van der Waals surface area contributed by atoms with Crippen molar-refractivity contribution >= 4 is 29.9 Å². The maximum atomic E-state index is 13.3. The van der Waals surface area contributed by atoms with E-state index in [-0.39, 0.29) is 35.2 Å². The predicted octanol–water partition coefficient (Wildman–Crippen LogP) is 4.34. The summed E-state index contributed by atoms with van der Waals surface area (Å²) in [6.45, 7) is 5.57. The van der Waals surface area contributed by atoms with Crippen molar-refractivity contribution in [3.8, 4) is 0 Å². The first-order valence-electron chi connectivity index (χ1n) is 9.78. The van der Waals surface area contributed by atoms with Crippen LogP contribution >= 0.6 is 24.0 Å². The minimum absolute atomic E-state index is 0. The monoisotopic (exact) mass is 500 g/mol. The summed E-state index contributed by atoms with van der Waals surface area (Å²) in [5.41, 5.74) is 3.38. The standard InChI is InChI=1S/C21H29FN4O.HI/c1-4-18-17(19(5-2)27-26-18)13-24-20(23-3)25-14-21(11-6-12-21)15-7-9-16(22)10-8-15;/h7-10H,4-6,11-14H2,1-3H3,(H2,23,24,25);1H. The Labute approximate surface area is 183 Å². The van der Waals surface area contributed by atoms with Crippen LogP contribution in [0.25, 0.3) is 0 Å². The third kappa shape index (κ3) is 4.85. The van der Waals surface area contributed by atoms with Crippen molar-refractivity contribution in [2.75, 3.05) is 13.6 Å². The van der Waals surface area contributed by atoms with E-state index in [1.165, 1.54) is 12.0 Å². The number of aryl methyl sites for hydroxylation is 2. The third-order valence-corrected chi connectivity index (χ3v) is 5.62. The summed E-state index contributed by atoms with van der Waals surface area (Å²) in [4.78, 5) is 4.35. The van der Waals surface area contributed by atoms with Crippen LogP contribution in [0.15, 0.2) is 33.8 Å². The SMILES string of the molecule is CCc1noc(CC)c1CNC(=NC)NCC1(c2ccc(F)cc2)CCC1.I. The Kier molecular flexibility index (Phi) is 8.27. The zero-order chi connectivity index (χ0) is 19.3. The molecule has 0 amide bonds. The molecule has 28 heavy (non-hydrogen) atoms. The lowest BCUT2D eigenvalue weighted by atomic mass is 9.64. The van der Waals surface area contributed by atoms with E-state index in [1.807, 2.05) is 12.1 Å². The van der Waals surface area contributed by atoms with Crippen LogP contribution in [-0.2, 0) is 24.8 Å². The molecule has 0 atom stereocenters. The maximum absolute atomic E-state index is 13.3. The Morgan fingerprint density at radius 2 is 1.89 bits per heavy atom. The molecule has 2 N–H and O–H groups in total. The summed E-state index contributed by atoms with van der Waals surface area (Å²) in [6.07, 6.45) is 5.08. The zero-order valence-corrected chi connectivity index (χ0v) is 19.2. The van der Waals surface area contributed by atoms with Crippen molar-refractivity contribution < 1.29 is 8.91 Å². The molecule has 0 saturated heterocycles. The molecule has 0 unspecified atom stereocenters. The minimum Gasteiger partial charge on any atom is -0.361 e. The van der Waals surface area contributed by atoms with Crippen LogP contribution in [-0.4, -0.2) is 24.7 Å². The van der Waals surface area contributed by atoms with Crippen LogP contribution in [0.1, 0.15) is 55.7 Å². The number of hydrogen-bond acceptors (Lipinski definition) is 3. The van der Waals surface area contributed by atoms with Gasteiger partial charge in [0.15, 0.2) is 5.96 Å². The summed E-state index contributed by atoms with van der Waals surface area (Å²) in [6, 6.07) is 6.91. The van der Waals surface area contributed by atoms with Crippen molar-refractivity contribution in [3.05, 3.63) is 52.7 Å². The van der Waals surface area contributed by atoms with Crippen molar-refractivity contribution in [1.29, 1.82) is 0 Å². The average Bonchev–Trinajstić information content (AvgIpc) is 3.06. The fourth-order valence-corrected chi connectivity index (χ4v) is 3.76. The number of rotatable bonds is 7. The minimum atomic E-state index is -0.189. The molecule has 0 aliphatic heterocycles. The van der Waals surface area contributed by atoms with Crippen molar-refractivity contribution in [2.45, 2.75) is 57.9 Å². The van der Waals surface area contributed by atoms with Gasteiger partial charge in [-0.2, -0.15) is 0 Å². The summed E-state index contributed by atoms with van der Waals surface area (Å²) in [5.74, 6) is 1.50. The molecule has 1 saturated carbocycles. The van der Waals surface area contributed by atoms with Gasteiger partial charge in [0.2, 0.25) is 0 Å². The number of aliphatic imine (C=N–C) groups is 1. The van der Waals surface area contributed by atoms with Gasteiger partial charge in [0.1, 0.15) is 11.6 Å². The molecule has 1 aromatic heterocycles. The molecule has 154 valence electrons. The van der Waals surface area contributed by atoms with E-state index in [0.29, 0.717) is 6.54 Å². The Morgan fingerprint density at radius 1 is 1.18 bits per heavy atom. The molecule has 2 aromatic rings. The highest BCUT2D eigenvalue weighted by atomic mass is 127. The van der Waals surface area contributed by atoms with Crippen LogP contribution in [0.3, 0.4) is 0 Å². The van der Waals surface area contributed by atoms with E-state index in [4.69, 9.17) is 4.52 Å². The second-order valence-electron chi connectivity index (χ2n) is 7.16. The molecule has 1 aliphatic carbocycles. The Bertz CT molecular complexity index is 763. The third-order valence-electron chi connectivity index (χ3n) is 5.62. The predicted molar refractivity (Wildman–Crippen MR) is 121 cm³/mol. The normalized spacial score (nSPS) is 15.5. The number of aromatic nitrogens is 1. The Balaban J connectivity index is 0.00000280. The molecule has 1 aromatic carbocycles. The first kappa shape index (κ1) is 22.6. The Hall–Kier alpha value is -1.64. The van der Waals surface area contributed by atoms with Gasteiger partial charge in [-0.3, -0.25) is 4.99 Å². The van der Waals surface area contributed by atoms with Gasteiger partial charge >= 0.3 is 0 Å². The molecule has 0 spiro atoms. The van der Waals surface area contributed by atoms with Crippen LogP contribution < -0.4 is 10.6 Å². The van der Waals surface area contributed by atoms with Gasteiger partial charge in [0.25, 0.3) is 0 Å². The molecule has 1 aliphatic rings. The van der Waals surface area contributed by atoms with E-state index in [9.17, 15) is 4.39 Å². The van der Waals surface area contributed by atoms with Crippen LogP contribution in [0.5, 0.6) is 0 Å². The van der Waals surface area contributed by atoms with Gasteiger partial charge in [-0.1, -0.05) is 37.6 Å². The molecule has 7 heteroatoms. The van der Waals surface area contributed by atoms with Gasteiger partial charge in [0.05, 0.1) is 5.69 Å². The molecule has 1 heterocycles. The second kappa shape index (κ2) is 10.2. The fourth-order valence-electron chi connectivity index (χ4n) is 3.76. The topological polar surface area (TPSA) is 62.5 Å². The van der Waals surface area contributed by atoms with Crippen LogP contribution in [0.2, 0.25) is 0 Å². The fraction of sp³-hybridized carbons (Fsp3) is 0.524. The molecular weight excluding hydrogens is 470 g/mol. The highest BCUT2D eigenvalue weighted by Gasteiger charge is 2.38. The summed E-state index contributed by atoms with van der Waals surface area (Å²) in [7, 11) is 1.77. The first-order chi connectivity index (χ1) is 13.1. The first-order valence-corrected chi connectivity index (χ1v) is 9.78. The largest absolute Gasteiger partial charge is 0.361 e. The van der Waals surface area contributed by atoms with E-state index in [2.05, 4.69) is 34.6 Å². The number of hydrogen-bond donors (Lipinski definition) is 2. The summed E-state index contributed by atoms with van der Waals surface area (Å²) < 4.78 is 18.7. The molecule has 0 bridgehead atoms. The maximum Gasteiger partial charge on any atom is 0.191 e. The lowest BCUT2D eigenvalue weighted by molar-refractivity contribution is 0.243. The van der Waals surface area contributed by atoms with Gasteiger partial charge in [-0.25, -0.2) is 4.39 Å². The van der Waals surface area contributed by atoms with Crippen LogP contribution in [0.4, 0.5) is 4.39 Å². The van der Waals surface area contributed by atoms with Crippen molar-refractivity contribution in [2.24, 2.45) is 4.99 Å². The number of nitrogens with one attached hydrogen (secondary N) is 2. The van der Waals surface area contributed by atoms with Crippen molar-refractivity contribution in [1.82, 2.24) is 15.8 Å². The molecule has 5 nitrogen and oxygen atoms in total. The number of nitrogens with zero attached hydrogens (tertiary/aromatic N) is 2. The average molecular weight is 500 g/mol. The zero-order valence-electron chi connectivity index (χ0n) is 16.8. The highest BCUT2D eigenvalue weighted by Crippen LogP contribution is 2.43. The van der Waals surface area contributed by atoms with Gasteiger partial charge in [-0.05, 0) is 37.0 Å². The summed E-state index contributed by atoms with van der Waals surface area (Å²) in [5, 5.41) is 11.0. The van der Waals surface area contributed by atoms with Crippen LogP contribution in [0, 0.1) is 5.82 Å². The number of benzene rings is 1. The molecule has 0 radical (unpaired) electrons. The molecular formula is C21H30FIN4O. The number of halogens is 2.